The Morgan fingerprint density at radius 2 is 0.704 bits per heavy atom. The Bertz CT molecular complexity index is 4460. The van der Waals surface area contributed by atoms with Crippen molar-refractivity contribution in [2.24, 2.45) is 57.3 Å². The maximum absolute atomic E-state index is 14.9. The number of hydrogen-bond donors (Lipinski definition) is 2. The highest BCUT2D eigenvalue weighted by atomic mass is 16.5. The third-order valence-electron chi connectivity index (χ3n) is 20.9. The summed E-state index contributed by atoms with van der Waals surface area (Å²) in [4.78, 5) is 71.0. The predicted octanol–water partition coefficient (Wildman–Crippen LogP) is 16.8. The van der Waals surface area contributed by atoms with E-state index in [1.165, 1.54) is 12.8 Å². The Balaban J connectivity index is 0.580. The van der Waals surface area contributed by atoms with Crippen molar-refractivity contribution in [1.82, 2.24) is 0 Å². The predicted molar refractivity (Wildman–Crippen MR) is 388 cm³/mol. The van der Waals surface area contributed by atoms with Crippen LogP contribution in [0.25, 0.3) is 0 Å². The third-order valence-corrected chi connectivity index (χ3v) is 20.9. The van der Waals surface area contributed by atoms with Crippen LogP contribution in [0.3, 0.4) is 0 Å². The number of nitrogens with one attached hydrogen (secondary N) is 2. The number of nitrogens with zero attached hydrogens (tertiary/aromatic N) is 4. The van der Waals surface area contributed by atoms with Crippen LogP contribution in [-0.4, -0.2) is 61.1 Å². The Hall–Kier alpha value is -11.3. The van der Waals surface area contributed by atoms with Gasteiger partial charge < -0.3 is 29.9 Å². The molecule has 4 aliphatic carbocycles. The smallest absolute Gasteiger partial charge is 0.338 e. The molecule has 2 saturated heterocycles. The van der Waals surface area contributed by atoms with Crippen LogP contribution in [0, 0.1) is 71.0 Å². The number of aliphatic imine (C=N–C) groups is 2. The number of hydrogen-bond acceptors (Lipinski definition) is 12. The van der Waals surface area contributed by atoms with E-state index in [2.05, 4.69) is 68.4 Å². The quantitative estimate of drug-likeness (QED) is 0.0525. The second kappa shape index (κ2) is 27.0. The number of benzene rings is 8. The molecule has 8 aromatic carbocycles. The van der Waals surface area contributed by atoms with Gasteiger partial charge in [0.1, 0.15) is 13.2 Å². The lowest BCUT2D eigenvalue weighted by Gasteiger charge is -2.21. The van der Waals surface area contributed by atoms with Crippen molar-refractivity contribution in [2.75, 3.05) is 46.6 Å². The number of para-hydroxylation sites is 4. The fourth-order valence-corrected chi connectivity index (χ4v) is 15.7. The first-order valence-electron chi connectivity index (χ1n) is 34.0. The van der Waals surface area contributed by atoms with Gasteiger partial charge in [-0.1, -0.05) is 96.5 Å². The van der Waals surface area contributed by atoms with Crippen molar-refractivity contribution >= 4 is 69.1 Å². The number of anilines is 4. The molecule has 98 heavy (non-hydrogen) atoms. The topological polar surface area (TPSA) is 142 Å². The van der Waals surface area contributed by atoms with Crippen molar-refractivity contribution in [3.8, 4) is 23.7 Å². The molecule has 7 aliphatic rings. The van der Waals surface area contributed by atoms with Crippen molar-refractivity contribution in [2.45, 2.75) is 53.8 Å². The van der Waals surface area contributed by atoms with Crippen molar-refractivity contribution in [3.05, 3.63) is 297 Å². The summed E-state index contributed by atoms with van der Waals surface area (Å²) in [7, 11) is 0. The highest BCUT2D eigenvalue weighted by molar-refractivity contribution is 6.29. The zero-order chi connectivity index (χ0) is 67.0. The van der Waals surface area contributed by atoms with Gasteiger partial charge in [-0.2, -0.15) is 0 Å². The lowest BCUT2D eigenvalue weighted by molar-refractivity contribution is 0.0464. The summed E-state index contributed by atoms with van der Waals surface area (Å²) < 4.78 is 11.4. The van der Waals surface area contributed by atoms with Gasteiger partial charge in [-0.15, -0.1) is 0 Å². The van der Waals surface area contributed by atoms with Crippen LogP contribution in [-0.2, 0) is 22.7 Å². The number of fused-ring (bicyclic) bond motifs is 12. The molecule has 4 bridgehead atoms. The Morgan fingerprint density at radius 1 is 0.398 bits per heavy atom. The minimum absolute atomic E-state index is 0.142. The lowest BCUT2D eigenvalue weighted by Crippen LogP contribution is -2.22. The van der Waals surface area contributed by atoms with Crippen LogP contribution < -0.4 is 20.4 Å². The summed E-state index contributed by atoms with van der Waals surface area (Å²) in [6.07, 6.45) is 12.3. The van der Waals surface area contributed by atoms with Crippen LogP contribution in [0.5, 0.6) is 0 Å². The normalized spacial score (nSPS) is 23.1. The number of ether oxygens (including phenoxy) is 2. The molecule has 484 valence electrons. The van der Waals surface area contributed by atoms with E-state index in [0.717, 1.165) is 118 Å². The highest BCUT2D eigenvalue weighted by Crippen LogP contribution is 2.53. The van der Waals surface area contributed by atoms with Gasteiger partial charge in [0.2, 0.25) is 0 Å². The number of ketones is 2. The molecule has 15 rings (SSSR count). The molecule has 0 aromatic heterocycles. The number of rotatable bonds is 12. The number of carbonyl (C=O) groups excluding carboxylic acids is 4. The number of carbonyl (C=O) groups is 4. The maximum Gasteiger partial charge on any atom is 0.338 e. The standard InChI is InChI=1S/C86H74N6O6/c1-53-81(83(93)63-29-25-59(26-30-63)15-13-57-17-21-61(22-18-57)51-97-85(95)65-37-41-71(42-38-65)91-47-73-67-33-34-68(45-67)74(73)48-91)54(2)88-79-11-7-8-12-80(79)90-56(4)82(55(3)89-78-10-6-5-9-77(78)87-53)84(94)64-31-27-60(28-32-64)16-14-58-19-23-62(24-20-58)52-98-86(96)66-39-43-72(44-40-66)92-49-75-69-35-36-70(46-69)76(75)50-92/h5-12,17-44,67-70,73-76,87,90H,45-52H2,1-4H3/b81-53+,82-56+,88-54?,89-55?/t67-,68+,69-,70+,73-,74+,75-,76+. The van der Waals surface area contributed by atoms with Gasteiger partial charge in [0, 0.05) is 82.3 Å². The summed E-state index contributed by atoms with van der Waals surface area (Å²) in [5.41, 5.74) is 14.2. The lowest BCUT2D eigenvalue weighted by atomic mass is 9.86. The molecule has 0 radical (unpaired) electrons. The molecule has 8 aromatic rings. The summed E-state index contributed by atoms with van der Waals surface area (Å²) in [6.45, 7) is 12.0. The van der Waals surface area contributed by atoms with Crippen molar-refractivity contribution in [3.63, 3.8) is 0 Å². The molecule has 0 unspecified atom stereocenters. The number of Topliss-reactive ketones (excluding diaryl/α,β-unsaturated/α-hetero) is 2. The summed E-state index contributed by atoms with van der Waals surface area (Å²) in [5.74, 6) is 17.6. The fraction of sp³-hybridized carbons (Fsp3) is 0.233. The zero-order valence-electron chi connectivity index (χ0n) is 55.3. The van der Waals surface area contributed by atoms with Gasteiger partial charge in [0.15, 0.2) is 11.6 Å². The fourth-order valence-electron chi connectivity index (χ4n) is 15.7. The second-order valence-electron chi connectivity index (χ2n) is 27.0. The summed E-state index contributed by atoms with van der Waals surface area (Å²) in [5, 5.41) is 7.01. The summed E-state index contributed by atoms with van der Waals surface area (Å²) >= 11 is 0. The van der Waals surface area contributed by atoms with Gasteiger partial charge in [-0.05, 0) is 245 Å². The SMILES string of the molecule is CC1=Nc2ccccc2N/C(C)=C(/C(=O)c2ccc(C#Cc3ccc(COC(=O)c4ccc(N5C[C@@H]6[C@H](C5)[C@@H]5C=C[C@H]6C5)cc4)cc3)cc2)C(C)=Nc2ccccc2N/C(C)=C\1C(=O)c1ccc(C#Cc2ccc(COC(=O)c3ccc(N4C[C@@H]5[C@H](C4)[C@@H]4C=C[C@H]5C4)cc3)cc2)cc1. The Kier molecular flexibility index (Phi) is 17.3. The molecule has 4 fully saturated rings. The van der Waals surface area contributed by atoms with E-state index in [-0.39, 0.29) is 36.7 Å². The molecule has 2 N–H and O–H groups in total. The van der Waals surface area contributed by atoms with Crippen LogP contribution in [0.4, 0.5) is 34.1 Å². The van der Waals surface area contributed by atoms with E-state index in [4.69, 9.17) is 19.5 Å². The average molecular weight is 1290 g/mol. The van der Waals surface area contributed by atoms with Gasteiger partial charge in [-0.3, -0.25) is 19.6 Å². The summed E-state index contributed by atoms with van der Waals surface area (Å²) in [6, 6.07) is 60.4. The van der Waals surface area contributed by atoms with E-state index in [1.54, 1.807) is 24.3 Å². The van der Waals surface area contributed by atoms with Gasteiger partial charge in [-0.25, -0.2) is 9.59 Å². The van der Waals surface area contributed by atoms with Crippen molar-refractivity contribution in [1.29, 1.82) is 0 Å². The molecular weight excluding hydrogens is 1210 g/mol. The molecule has 8 atom stereocenters. The second-order valence-corrected chi connectivity index (χ2v) is 27.0. The average Bonchev–Trinajstić information content (AvgIpc) is 1.59. The molecule has 2 saturated carbocycles. The van der Waals surface area contributed by atoms with E-state index in [0.29, 0.717) is 79.0 Å². The Labute approximate surface area is 572 Å². The first-order chi connectivity index (χ1) is 47.8. The largest absolute Gasteiger partial charge is 0.457 e. The van der Waals surface area contributed by atoms with Gasteiger partial charge in [0.25, 0.3) is 0 Å². The molecule has 0 amide bonds. The van der Waals surface area contributed by atoms with Crippen LogP contribution in [0.1, 0.15) is 115 Å². The number of esters is 2. The molecule has 3 heterocycles. The molecule has 12 nitrogen and oxygen atoms in total. The van der Waals surface area contributed by atoms with Crippen LogP contribution >= 0.6 is 0 Å². The Morgan fingerprint density at radius 3 is 1.04 bits per heavy atom. The van der Waals surface area contributed by atoms with Gasteiger partial charge >= 0.3 is 11.9 Å². The molecule has 0 spiro atoms. The molecular formula is C86H74N6O6. The number of allylic oxidation sites excluding steroid dienone is 8. The molecule has 3 aliphatic heterocycles. The van der Waals surface area contributed by atoms with Crippen LogP contribution in [0.15, 0.2) is 251 Å². The minimum atomic E-state index is -0.357. The van der Waals surface area contributed by atoms with E-state index in [9.17, 15) is 19.2 Å². The first kappa shape index (κ1) is 62.8. The monoisotopic (exact) mass is 1290 g/mol. The van der Waals surface area contributed by atoms with E-state index >= 15 is 0 Å². The van der Waals surface area contributed by atoms with Crippen molar-refractivity contribution < 1.29 is 28.7 Å². The van der Waals surface area contributed by atoms with Crippen LogP contribution in [0.2, 0.25) is 0 Å². The first-order valence-corrected chi connectivity index (χ1v) is 34.0. The third kappa shape index (κ3) is 13.1. The van der Waals surface area contributed by atoms with E-state index in [1.807, 2.05) is 198 Å². The highest BCUT2D eigenvalue weighted by Gasteiger charge is 2.50. The minimum Gasteiger partial charge on any atom is -0.457 e. The zero-order valence-corrected chi connectivity index (χ0v) is 55.3. The van der Waals surface area contributed by atoms with E-state index < -0.39 is 0 Å². The maximum atomic E-state index is 14.9. The molecule has 12 heteroatoms. The van der Waals surface area contributed by atoms with Gasteiger partial charge in [0.05, 0.1) is 56.4 Å².